The van der Waals surface area contributed by atoms with Gasteiger partial charge in [-0.05, 0) is 47.3 Å². The van der Waals surface area contributed by atoms with Gasteiger partial charge in [0.1, 0.15) is 6.10 Å². The zero-order chi connectivity index (χ0) is 27.7. The number of unbranched alkanes of at least 4 members (excludes halogenated alkanes) is 7. The summed E-state index contributed by atoms with van der Waals surface area (Å²) >= 11 is 3.26. The predicted molar refractivity (Wildman–Crippen MR) is 143 cm³/mol. The number of benzene rings is 1. The van der Waals surface area contributed by atoms with Gasteiger partial charge in [0.05, 0.1) is 10.5 Å². The molecule has 0 unspecified atom stereocenters. The van der Waals surface area contributed by atoms with Gasteiger partial charge in [0, 0.05) is 20.1 Å². The number of halogens is 1. The predicted octanol–water partition coefficient (Wildman–Crippen LogP) is 4.55. The van der Waals surface area contributed by atoms with Crippen LogP contribution in [0.3, 0.4) is 0 Å². The lowest BCUT2D eigenvalue weighted by atomic mass is 9.97. The molecule has 0 aliphatic carbocycles. The highest BCUT2D eigenvalue weighted by atomic mass is 79.9. The van der Waals surface area contributed by atoms with E-state index in [0.29, 0.717) is 6.42 Å². The minimum absolute atomic E-state index is 0.190. The van der Waals surface area contributed by atoms with Gasteiger partial charge in [-0.2, -0.15) is 0 Å². The van der Waals surface area contributed by atoms with Crippen LogP contribution in [0, 0.1) is 0 Å². The van der Waals surface area contributed by atoms with Crippen LogP contribution >= 0.6 is 15.9 Å². The highest BCUT2D eigenvalue weighted by Crippen LogP contribution is 2.38. The zero-order valence-electron chi connectivity index (χ0n) is 22.0. The molecule has 10 heteroatoms. The molecule has 2 amide bonds. The summed E-state index contributed by atoms with van der Waals surface area (Å²) in [6.07, 6.45) is 4.70. The van der Waals surface area contributed by atoms with Crippen molar-refractivity contribution in [1.82, 2.24) is 4.90 Å². The molecule has 0 spiro atoms. The van der Waals surface area contributed by atoms with Crippen molar-refractivity contribution in [3.63, 3.8) is 0 Å². The van der Waals surface area contributed by atoms with E-state index in [0.717, 1.165) is 55.4 Å². The number of aliphatic hydroxyl groups excluding tert-OH is 1. The Morgan fingerprint density at radius 2 is 1.68 bits per heavy atom. The van der Waals surface area contributed by atoms with Crippen LogP contribution in [0.2, 0.25) is 0 Å². The second kappa shape index (κ2) is 14.3. The molecule has 38 heavy (non-hydrogen) atoms. The van der Waals surface area contributed by atoms with Crippen LogP contribution in [0.1, 0.15) is 76.4 Å². The number of aliphatic hydroxyl groups is 2. The molecule has 0 bridgehead atoms. The van der Waals surface area contributed by atoms with Crippen LogP contribution < -0.4 is 0 Å². The standard InChI is InChI=1S/C28H38BrNO8/c1-19-23(20-14-10-9-11-15-20)37-27(34)30(19)26(33)25(36-2)24-21(32)18-22(29)28(35,38-24)16-12-7-5-3-4-6-8-13-17-31/h9-11,14-15,18-19,23-25,31,35H,3-8,12-13,16-17H2,1-2H3/t19-,23-,24+,25-,28+/m1/s1. The van der Waals surface area contributed by atoms with Gasteiger partial charge in [0.25, 0.3) is 5.91 Å². The van der Waals surface area contributed by atoms with Crippen LogP contribution in [-0.2, 0) is 23.8 Å². The maximum absolute atomic E-state index is 13.5. The van der Waals surface area contributed by atoms with Crippen molar-refractivity contribution in [3.8, 4) is 0 Å². The third-order valence-electron chi connectivity index (χ3n) is 7.08. The molecule has 2 aliphatic heterocycles. The monoisotopic (exact) mass is 595 g/mol. The van der Waals surface area contributed by atoms with E-state index in [1.165, 1.54) is 13.2 Å². The Hall–Kier alpha value is -2.11. The minimum Gasteiger partial charge on any atom is -0.439 e. The number of hydrogen-bond donors (Lipinski definition) is 2. The van der Waals surface area contributed by atoms with E-state index in [9.17, 15) is 19.5 Å². The molecule has 0 radical (unpaired) electrons. The van der Waals surface area contributed by atoms with Gasteiger partial charge in [-0.25, -0.2) is 9.69 Å². The molecule has 1 fully saturated rings. The van der Waals surface area contributed by atoms with E-state index in [1.807, 2.05) is 30.3 Å². The number of hydrogen-bond acceptors (Lipinski definition) is 8. The first kappa shape index (κ1) is 30.4. The average molecular weight is 597 g/mol. The summed E-state index contributed by atoms with van der Waals surface area (Å²) in [7, 11) is 1.26. The molecule has 2 aliphatic rings. The van der Waals surface area contributed by atoms with Crippen molar-refractivity contribution in [1.29, 1.82) is 0 Å². The Bertz CT molecular complexity index is 986. The topological polar surface area (TPSA) is 123 Å². The fourth-order valence-electron chi connectivity index (χ4n) is 4.91. The van der Waals surface area contributed by atoms with E-state index in [2.05, 4.69) is 15.9 Å². The van der Waals surface area contributed by atoms with Gasteiger partial charge in [-0.1, -0.05) is 68.9 Å². The van der Waals surface area contributed by atoms with Gasteiger partial charge in [-0.3, -0.25) is 9.59 Å². The van der Waals surface area contributed by atoms with Crippen molar-refractivity contribution in [2.45, 2.75) is 94.9 Å². The lowest BCUT2D eigenvalue weighted by Gasteiger charge is -2.38. The van der Waals surface area contributed by atoms with E-state index < -0.39 is 47.9 Å². The van der Waals surface area contributed by atoms with Crippen LogP contribution in [-0.4, -0.2) is 70.7 Å². The third-order valence-corrected chi connectivity index (χ3v) is 7.92. The lowest BCUT2D eigenvalue weighted by Crippen LogP contribution is -2.56. The minimum atomic E-state index is -1.79. The number of rotatable bonds is 14. The number of carbonyl (C=O) groups is 3. The number of ether oxygens (including phenoxy) is 3. The van der Waals surface area contributed by atoms with Gasteiger partial charge in [-0.15, -0.1) is 0 Å². The Balaban J connectivity index is 1.62. The molecule has 2 heterocycles. The van der Waals surface area contributed by atoms with Crippen molar-refractivity contribution in [3.05, 3.63) is 46.5 Å². The molecule has 1 saturated heterocycles. The van der Waals surface area contributed by atoms with Crippen LogP contribution in [0.25, 0.3) is 0 Å². The molecule has 2 N–H and O–H groups in total. The van der Waals surface area contributed by atoms with E-state index >= 15 is 0 Å². The number of amides is 2. The Labute approximate surface area is 232 Å². The molecule has 1 aromatic rings. The number of cyclic esters (lactones) is 1. The molecular formula is C28H38BrNO8. The smallest absolute Gasteiger partial charge is 0.417 e. The summed E-state index contributed by atoms with van der Waals surface area (Å²) in [5.41, 5.74) is 0.744. The quantitative estimate of drug-likeness (QED) is 0.300. The van der Waals surface area contributed by atoms with Crippen molar-refractivity contribution in [2.24, 2.45) is 0 Å². The summed E-state index contributed by atoms with van der Waals surface area (Å²) in [5, 5.41) is 20.1. The molecular weight excluding hydrogens is 558 g/mol. The highest BCUT2D eigenvalue weighted by Gasteiger charge is 2.51. The molecule has 210 valence electrons. The molecule has 0 saturated carbocycles. The van der Waals surface area contributed by atoms with Gasteiger partial charge in [0.2, 0.25) is 0 Å². The number of ketones is 1. The van der Waals surface area contributed by atoms with Gasteiger partial charge in [0.15, 0.2) is 23.8 Å². The highest BCUT2D eigenvalue weighted by molar-refractivity contribution is 9.11. The fourth-order valence-corrected chi connectivity index (χ4v) is 5.42. The largest absolute Gasteiger partial charge is 0.439 e. The molecule has 3 rings (SSSR count). The second-order valence-electron chi connectivity index (χ2n) is 9.84. The molecule has 5 atom stereocenters. The Morgan fingerprint density at radius 3 is 2.29 bits per heavy atom. The summed E-state index contributed by atoms with van der Waals surface area (Å²) < 4.78 is 16.9. The summed E-state index contributed by atoms with van der Waals surface area (Å²) in [5.74, 6) is -3.11. The number of methoxy groups -OCH3 is 1. The first-order chi connectivity index (χ1) is 18.2. The summed E-state index contributed by atoms with van der Waals surface area (Å²) in [6.45, 7) is 1.92. The number of carbonyl (C=O) groups excluding carboxylic acids is 3. The van der Waals surface area contributed by atoms with Crippen LogP contribution in [0.5, 0.6) is 0 Å². The van der Waals surface area contributed by atoms with Gasteiger partial charge >= 0.3 is 6.09 Å². The van der Waals surface area contributed by atoms with Crippen molar-refractivity contribution >= 4 is 33.7 Å². The second-order valence-corrected chi connectivity index (χ2v) is 10.7. The van der Waals surface area contributed by atoms with Crippen molar-refractivity contribution < 1.29 is 38.8 Å². The van der Waals surface area contributed by atoms with Crippen molar-refractivity contribution in [2.75, 3.05) is 13.7 Å². The number of imide groups is 1. The lowest BCUT2D eigenvalue weighted by molar-refractivity contribution is -0.227. The Morgan fingerprint density at radius 1 is 1.08 bits per heavy atom. The first-order valence-corrected chi connectivity index (χ1v) is 14.1. The third kappa shape index (κ3) is 7.30. The summed E-state index contributed by atoms with van der Waals surface area (Å²) in [4.78, 5) is 40.0. The fraction of sp³-hybridized carbons (Fsp3) is 0.607. The van der Waals surface area contributed by atoms with E-state index in [-0.39, 0.29) is 17.5 Å². The van der Waals surface area contributed by atoms with Crippen LogP contribution in [0.15, 0.2) is 40.9 Å². The zero-order valence-corrected chi connectivity index (χ0v) is 23.6. The van der Waals surface area contributed by atoms with Gasteiger partial charge < -0.3 is 24.4 Å². The normalized spacial score (nSPS) is 26.3. The molecule has 9 nitrogen and oxygen atoms in total. The SMILES string of the molecule is CO[C@@H](C(=O)N1C(=O)O[C@@H](c2ccccc2)[C@H]1C)[C@H]1O[C@@](O)(CCCCCCCCCCO)C(Br)=CC1=O. The van der Waals surface area contributed by atoms with E-state index in [4.69, 9.17) is 19.3 Å². The maximum atomic E-state index is 13.5. The number of nitrogens with zero attached hydrogens (tertiary/aromatic N) is 1. The van der Waals surface area contributed by atoms with E-state index in [1.54, 1.807) is 6.92 Å². The molecule has 0 aromatic heterocycles. The summed E-state index contributed by atoms with van der Waals surface area (Å²) in [6, 6.07) is 8.45. The maximum Gasteiger partial charge on any atom is 0.417 e. The first-order valence-electron chi connectivity index (χ1n) is 13.3. The Kier molecular flexibility index (Phi) is 11.5. The van der Waals surface area contributed by atoms with Crippen LogP contribution in [0.4, 0.5) is 4.79 Å². The average Bonchev–Trinajstić information content (AvgIpc) is 3.20. The molecule has 1 aromatic carbocycles.